The fourth-order valence-corrected chi connectivity index (χ4v) is 1.89. The van der Waals surface area contributed by atoms with Crippen LogP contribution in [-0.2, 0) is 20.9 Å². The van der Waals surface area contributed by atoms with Crippen LogP contribution in [0.3, 0.4) is 0 Å². The van der Waals surface area contributed by atoms with E-state index in [9.17, 15) is 14.4 Å². The third kappa shape index (κ3) is 8.19. The quantitative estimate of drug-likeness (QED) is 0.728. The summed E-state index contributed by atoms with van der Waals surface area (Å²) in [5.41, 5.74) is 0.319. The van der Waals surface area contributed by atoms with Crippen LogP contribution in [0, 0.1) is 0 Å². The van der Waals surface area contributed by atoms with Gasteiger partial charge in [0.2, 0.25) is 11.8 Å². The summed E-state index contributed by atoms with van der Waals surface area (Å²) < 4.78 is 5.09. The van der Waals surface area contributed by atoms with E-state index in [0.717, 1.165) is 5.56 Å². The molecule has 0 spiro atoms. The Kier molecular flexibility index (Phi) is 7.42. The summed E-state index contributed by atoms with van der Waals surface area (Å²) in [5.74, 6) is -0.769. The van der Waals surface area contributed by atoms with Gasteiger partial charge in [-0.15, -0.1) is 0 Å². The molecule has 7 nitrogen and oxygen atoms in total. The van der Waals surface area contributed by atoms with Crippen LogP contribution in [0.4, 0.5) is 4.79 Å². The normalized spacial score (nSPS) is 13.3. The summed E-state index contributed by atoms with van der Waals surface area (Å²) in [5, 5.41) is 7.75. The van der Waals surface area contributed by atoms with Gasteiger partial charge in [-0.2, -0.15) is 0 Å². The van der Waals surface area contributed by atoms with Gasteiger partial charge in [0.1, 0.15) is 17.7 Å². The Morgan fingerprint density at radius 1 is 0.960 bits per heavy atom. The molecule has 0 aliphatic carbocycles. The van der Waals surface area contributed by atoms with Gasteiger partial charge in [-0.05, 0) is 40.2 Å². The van der Waals surface area contributed by atoms with Crippen molar-refractivity contribution >= 4 is 17.9 Å². The molecule has 1 aromatic rings. The molecule has 7 heteroatoms. The van der Waals surface area contributed by atoms with Gasteiger partial charge in [0.15, 0.2) is 0 Å². The highest BCUT2D eigenvalue weighted by atomic mass is 16.6. The molecule has 1 rings (SSSR count). The number of benzene rings is 1. The fraction of sp³-hybridized carbons (Fsp3) is 0.500. The highest BCUT2D eigenvalue weighted by Crippen LogP contribution is 2.06. The maximum absolute atomic E-state index is 12.1. The van der Waals surface area contributed by atoms with Crippen LogP contribution in [-0.4, -0.2) is 35.6 Å². The molecule has 1 aromatic carbocycles. The van der Waals surface area contributed by atoms with Crippen molar-refractivity contribution in [2.24, 2.45) is 0 Å². The zero-order valence-electron chi connectivity index (χ0n) is 15.4. The van der Waals surface area contributed by atoms with E-state index >= 15 is 0 Å². The van der Waals surface area contributed by atoms with E-state index in [2.05, 4.69) is 16.0 Å². The molecule has 0 aliphatic heterocycles. The number of hydrogen-bond acceptors (Lipinski definition) is 4. The molecule has 0 fully saturated rings. The van der Waals surface area contributed by atoms with Crippen molar-refractivity contribution < 1.29 is 19.1 Å². The van der Waals surface area contributed by atoms with Gasteiger partial charge in [-0.1, -0.05) is 30.3 Å². The average molecular weight is 349 g/mol. The summed E-state index contributed by atoms with van der Waals surface area (Å²) in [6.45, 7) is 8.68. The van der Waals surface area contributed by atoms with E-state index < -0.39 is 29.7 Å². The first-order valence-electron chi connectivity index (χ1n) is 8.20. The molecule has 138 valence electrons. The molecular weight excluding hydrogens is 322 g/mol. The smallest absolute Gasteiger partial charge is 0.408 e. The van der Waals surface area contributed by atoms with Gasteiger partial charge in [0.25, 0.3) is 0 Å². The van der Waals surface area contributed by atoms with Gasteiger partial charge in [-0.25, -0.2) is 4.79 Å². The summed E-state index contributed by atoms with van der Waals surface area (Å²) in [6, 6.07) is 7.92. The van der Waals surface area contributed by atoms with Crippen molar-refractivity contribution in [3.63, 3.8) is 0 Å². The number of ether oxygens (including phenoxy) is 1. The molecule has 2 atom stereocenters. The first-order valence-corrected chi connectivity index (χ1v) is 8.20. The summed E-state index contributed by atoms with van der Waals surface area (Å²) in [6.07, 6.45) is -0.684. The van der Waals surface area contributed by atoms with Gasteiger partial charge >= 0.3 is 6.09 Å². The zero-order valence-corrected chi connectivity index (χ0v) is 15.4. The first kappa shape index (κ1) is 20.5. The Bertz CT molecular complexity index is 596. The van der Waals surface area contributed by atoms with Crippen molar-refractivity contribution in [1.82, 2.24) is 16.0 Å². The number of alkyl carbamates (subject to hydrolysis) is 1. The molecular formula is C18H27N3O4. The third-order valence-electron chi connectivity index (χ3n) is 3.19. The van der Waals surface area contributed by atoms with Gasteiger partial charge in [0.05, 0.1) is 0 Å². The second-order valence-corrected chi connectivity index (χ2v) is 6.80. The predicted molar refractivity (Wildman–Crippen MR) is 94.7 cm³/mol. The lowest BCUT2D eigenvalue weighted by atomic mass is 10.2. The van der Waals surface area contributed by atoms with E-state index in [1.807, 2.05) is 30.3 Å². The van der Waals surface area contributed by atoms with E-state index in [1.54, 1.807) is 27.7 Å². The number of carbonyl (C=O) groups is 3. The zero-order chi connectivity index (χ0) is 19.0. The molecule has 0 saturated carbocycles. The summed E-state index contributed by atoms with van der Waals surface area (Å²) >= 11 is 0. The Balaban J connectivity index is 2.41. The molecule has 3 amide bonds. The van der Waals surface area contributed by atoms with Crippen LogP contribution in [0.2, 0.25) is 0 Å². The SMILES string of the molecule is C[C@H](NC(=O)OC(C)(C)C)C(=O)N[C@@H](C)C(=O)NCc1ccccc1. The Labute approximate surface area is 148 Å². The molecule has 0 bridgehead atoms. The van der Waals surface area contributed by atoms with Crippen LogP contribution in [0.1, 0.15) is 40.2 Å². The minimum atomic E-state index is -0.820. The fourth-order valence-electron chi connectivity index (χ4n) is 1.89. The van der Waals surface area contributed by atoms with Crippen LogP contribution < -0.4 is 16.0 Å². The highest BCUT2D eigenvalue weighted by molar-refractivity contribution is 5.90. The number of carbonyl (C=O) groups excluding carboxylic acids is 3. The summed E-state index contributed by atoms with van der Waals surface area (Å²) in [7, 11) is 0. The van der Waals surface area contributed by atoms with E-state index in [1.165, 1.54) is 6.92 Å². The van der Waals surface area contributed by atoms with Crippen molar-refractivity contribution in [1.29, 1.82) is 0 Å². The Morgan fingerprint density at radius 3 is 2.08 bits per heavy atom. The third-order valence-corrected chi connectivity index (χ3v) is 3.19. The second-order valence-electron chi connectivity index (χ2n) is 6.80. The molecule has 0 radical (unpaired) electrons. The monoisotopic (exact) mass is 349 g/mol. The van der Waals surface area contributed by atoms with Crippen molar-refractivity contribution in [2.45, 2.75) is 58.8 Å². The molecule has 0 unspecified atom stereocenters. The number of nitrogens with one attached hydrogen (secondary N) is 3. The molecule has 0 heterocycles. The summed E-state index contributed by atoms with van der Waals surface area (Å²) in [4.78, 5) is 35.8. The first-order chi connectivity index (χ1) is 11.6. The van der Waals surface area contributed by atoms with E-state index in [4.69, 9.17) is 4.74 Å². The Hall–Kier alpha value is -2.57. The van der Waals surface area contributed by atoms with Gasteiger partial charge < -0.3 is 20.7 Å². The topological polar surface area (TPSA) is 96.5 Å². The lowest BCUT2D eigenvalue weighted by molar-refractivity contribution is -0.129. The maximum Gasteiger partial charge on any atom is 0.408 e. The lowest BCUT2D eigenvalue weighted by Crippen LogP contribution is -2.52. The molecule has 0 aliphatic rings. The molecule has 25 heavy (non-hydrogen) atoms. The van der Waals surface area contributed by atoms with Crippen molar-refractivity contribution in [2.75, 3.05) is 0 Å². The van der Waals surface area contributed by atoms with Crippen LogP contribution in [0.15, 0.2) is 30.3 Å². The number of hydrogen-bond donors (Lipinski definition) is 3. The predicted octanol–water partition coefficient (Wildman–Crippen LogP) is 1.72. The van der Waals surface area contributed by atoms with Gasteiger partial charge in [-0.3, -0.25) is 9.59 Å². The van der Waals surface area contributed by atoms with Crippen molar-refractivity contribution in [3.8, 4) is 0 Å². The standard InChI is InChI=1S/C18H27N3O4/c1-12(15(22)19-11-14-9-7-6-8-10-14)20-16(23)13(2)21-17(24)25-18(3,4)5/h6-10,12-13H,11H2,1-5H3,(H,19,22)(H,20,23)(H,21,24)/t12-,13-/m0/s1. The molecule has 0 aromatic heterocycles. The number of rotatable bonds is 6. The van der Waals surface area contributed by atoms with Gasteiger partial charge in [0, 0.05) is 6.54 Å². The lowest BCUT2D eigenvalue weighted by Gasteiger charge is -2.22. The van der Waals surface area contributed by atoms with Crippen LogP contribution in [0.5, 0.6) is 0 Å². The van der Waals surface area contributed by atoms with E-state index in [-0.39, 0.29) is 5.91 Å². The largest absolute Gasteiger partial charge is 0.444 e. The highest BCUT2D eigenvalue weighted by Gasteiger charge is 2.23. The van der Waals surface area contributed by atoms with E-state index in [0.29, 0.717) is 6.54 Å². The minimum Gasteiger partial charge on any atom is -0.444 e. The average Bonchev–Trinajstić information content (AvgIpc) is 2.51. The minimum absolute atomic E-state index is 0.304. The van der Waals surface area contributed by atoms with Crippen LogP contribution >= 0.6 is 0 Å². The second kappa shape index (κ2) is 9.05. The number of amides is 3. The van der Waals surface area contributed by atoms with Crippen molar-refractivity contribution in [3.05, 3.63) is 35.9 Å². The molecule has 3 N–H and O–H groups in total. The molecule has 0 saturated heterocycles. The Morgan fingerprint density at radius 2 is 1.52 bits per heavy atom. The van der Waals surface area contributed by atoms with Crippen LogP contribution in [0.25, 0.3) is 0 Å². The maximum atomic E-state index is 12.1.